The number of hydrogen-bond acceptors (Lipinski definition) is 8. The number of halogens is 1. The molecule has 0 atom stereocenters. The van der Waals surface area contributed by atoms with Gasteiger partial charge in [-0.15, -0.1) is 16.5 Å². The number of carbonyl (C=O) groups excluding carboxylic acids is 1. The van der Waals surface area contributed by atoms with Crippen LogP contribution >= 0.6 is 11.3 Å². The van der Waals surface area contributed by atoms with Crippen molar-refractivity contribution in [2.75, 3.05) is 16.2 Å². The van der Waals surface area contributed by atoms with Crippen molar-refractivity contribution in [3.63, 3.8) is 0 Å². The highest BCUT2D eigenvalue weighted by atomic mass is 32.1. The third-order valence-electron chi connectivity index (χ3n) is 5.57. The number of thiazole rings is 1. The molecule has 0 spiro atoms. The Balaban J connectivity index is 1.25. The molecule has 0 fully saturated rings. The molecule has 8 nitrogen and oxygen atoms in total. The van der Waals surface area contributed by atoms with Gasteiger partial charge in [0.2, 0.25) is 0 Å². The standard InChI is InChI=1S/C25H18FN7OS/c26-18-5-1-4-17(24(34)30-25-28-11-12-35-25)22(18)20-8-9-21-23(29-20)32-33(31-21)14-15-6-7-19-16(13-15)3-2-10-27-19/h1-13,31H,14H2,(H,29,32)(H,28,30,34). The molecule has 0 aliphatic carbocycles. The van der Waals surface area contributed by atoms with Gasteiger partial charge in [0.05, 0.1) is 29.0 Å². The SMILES string of the molecule is O=C(Nc1nccs1)c1cccc(F)c1-c1ccc2c(n1)NN(Cc1ccc3ncccc3c1)N2. The summed E-state index contributed by atoms with van der Waals surface area (Å²) in [6.07, 6.45) is 3.36. The molecule has 0 bridgehead atoms. The minimum atomic E-state index is -0.531. The van der Waals surface area contributed by atoms with Gasteiger partial charge >= 0.3 is 0 Å². The summed E-state index contributed by atoms with van der Waals surface area (Å²) in [5, 5.41) is 7.77. The lowest BCUT2D eigenvalue weighted by Gasteiger charge is -2.16. The summed E-state index contributed by atoms with van der Waals surface area (Å²) in [4.78, 5) is 25.9. The Bertz CT molecular complexity index is 1560. The van der Waals surface area contributed by atoms with Crippen molar-refractivity contribution in [2.24, 2.45) is 0 Å². The lowest BCUT2D eigenvalue weighted by Crippen LogP contribution is -2.29. The maximum atomic E-state index is 14.9. The van der Waals surface area contributed by atoms with E-state index in [1.54, 1.807) is 35.0 Å². The predicted molar refractivity (Wildman–Crippen MR) is 134 cm³/mol. The van der Waals surface area contributed by atoms with E-state index < -0.39 is 11.7 Å². The van der Waals surface area contributed by atoms with Crippen LogP contribution in [-0.2, 0) is 6.54 Å². The normalized spacial score (nSPS) is 12.7. The lowest BCUT2D eigenvalue weighted by atomic mass is 10.0. The molecule has 0 radical (unpaired) electrons. The summed E-state index contributed by atoms with van der Waals surface area (Å²) in [5.74, 6) is -0.438. The second kappa shape index (κ2) is 8.75. The zero-order chi connectivity index (χ0) is 23.8. The molecule has 2 aromatic carbocycles. The van der Waals surface area contributed by atoms with E-state index in [0.717, 1.165) is 22.2 Å². The number of hydrazine groups is 2. The highest BCUT2D eigenvalue weighted by Crippen LogP contribution is 2.33. The van der Waals surface area contributed by atoms with Crippen molar-refractivity contribution in [3.05, 3.63) is 95.4 Å². The molecule has 1 aliphatic heterocycles. The number of nitrogens with zero attached hydrogens (tertiary/aromatic N) is 4. The Kier molecular flexibility index (Phi) is 5.28. The van der Waals surface area contributed by atoms with E-state index in [0.29, 0.717) is 23.2 Å². The van der Waals surface area contributed by atoms with E-state index in [2.05, 4.69) is 37.2 Å². The minimum Gasteiger partial charge on any atom is -0.298 e. The molecule has 1 aliphatic rings. The van der Waals surface area contributed by atoms with E-state index in [-0.39, 0.29) is 11.1 Å². The molecule has 4 heterocycles. The third kappa shape index (κ3) is 4.16. The fraction of sp³-hybridized carbons (Fsp3) is 0.0400. The van der Waals surface area contributed by atoms with E-state index in [1.165, 1.54) is 23.5 Å². The van der Waals surface area contributed by atoms with Crippen LogP contribution in [0, 0.1) is 5.82 Å². The number of hydrogen-bond donors (Lipinski definition) is 3. The summed E-state index contributed by atoms with van der Waals surface area (Å²) < 4.78 is 14.9. The quantitative estimate of drug-likeness (QED) is 0.312. The van der Waals surface area contributed by atoms with Crippen LogP contribution in [0.3, 0.4) is 0 Å². The summed E-state index contributed by atoms with van der Waals surface area (Å²) in [6, 6.07) is 17.9. The van der Waals surface area contributed by atoms with Crippen LogP contribution in [0.15, 0.2) is 78.4 Å². The average Bonchev–Trinajstić information content (AvgIpc) is 3.52. The fourth-order valence-corrected chi connectivity index (χ4v) is 4.51. The van der Waals surface area contributed by atoms with Crippen molar-refractivity contribution in [3.8, 4) is 11.3 Å². The largest absolute Gasteiger partial charge is 0.298 e. The molecule has 10 heteroatoms. The molecular weight excluding hydrogens is 465 g/mol. The van der Waals surface area contributed by atoms with E-state index in [4.69, 9.17) is 0 Å². The van der Waals surface area contributed by atoms with Crippen molar-refractivity contribution in [1.82, 2.24) is 20.1 Å². The lowest BCUT2D eigenvalue weighted by molar-refractivity contribution is 0.102. The zero-order valence-corrected chi connectivity index (χ0v) is 19.0. The van der Waals surface area contributed by atoms with E-state index in [9.17, 15) is 9.18 Å². The van der Waals surface area contributed by atoms with Crippen LogP contribution in [0.25, 0.3) is 22.2 Å². The Morgan fingerprint density at radius 2 is 1.97 bits per heavy atom. The number of fused-ring (bicyclic) bond motifs is 2. The first-order valence-corrected chi connectivity index (χ1v) is 11.7. The number of aromatic nitrogens is 3. The highest BCUT2D eigenvalue weighted by molar-refractivity contribution is 7.13. The molecule has 1 amide bonds. The smallest absolute Gasteiger partial charge is 0.258 e. The second-order valence-corrected chi connectivity index (χ2v) is 8.78. The molecule has 0 unspecified atom stereocenters. The van der Waals surface area contributed by atoms with Gasteiger partial charge < -0.3 is 0 Å². The molecule has 3 aromatic heterocycles. The molecule has 6 rings (SSSR count). The van der Waals surface area contributed by atoms with Crippen molar-refractivity contribution in [2.45, 2.75) is 6.54 Å². The third-order valence-corrected chi connectivity index (χ3v) is 6.26. The van der Waals surface area contributed by atoms with Gasteiger partial charge in [0.1, 0.15) is 5.82 Å². The highest BCUT2D eigenvalue weighted by Gasteiger charge is 2.23. The molecule has 3 N–H and O–H groups in total. The molecule has 0 saturated carbocycles. The number of amides is 1. The minimum absolute atomic E-state index is 0.131. The van der Waals surface area contributed by atoms with Gasteiger partial charge in [-0.25, -0.2) is 14.4 Å². The molecule has 5 aromatic rings. The van der Waals surface area contributed by atoms with Crippen LogP contribution < -0.4 is 16.2 Å². The number of carbonyl (C=O) groups is 1. The summed E-state index contributed by atoms with van der Waals surface area (Å²) in [5.41, 5.74) is 9.89. The maximum absolute atomic E-state index is 14.9. The monoisotopic (exact) mass is 483 g/mol. The van der Waals surface area contributed by atoms with Crippen LogP contribution in [0.4, 0.5) is 21.0 Å². The van der Waals surface area contributed by atoms with Gasteiger partial charge in [-0.3, -0.25) is 25.9 Å². The van der Waals surface area contributed by atoms with Crippen LogP contribution in [0.5, 0.6) is 0 Å². The molecule has 172 valence electrons. The average molecular weight is 484 g/mol. The number of rotatable bonds is 5. The van der Waals surface area contributed by atoms with Gasteiger partial charge in [0.15, 0.2) is 10.9 Å². The number of nitrogens with one attached hydrogen (secondary N) is 3. The Labute approximate surface area is 203 Å². The van der Waals surface area contributed by atoms with Crippen molar-refractivity contribution < 1.29 is 9.18 Å². The first-order valence-electron chi connectivity index (χ1n) is 10.8. The topological polar surface area (TPSA) is 95.1 Å². The van der Waals surface area contributed by atoms with Gasteiger partial charge in [-0.1, -0.05) is 18.2 Å². The molecular formula is C25H18FN7OS. The Hall–Kier alpha value is -4.41. The first kappa shape index (κ1) is 21.1. The first-order chi connectivity index (χ1) is 17.1. The molecule has 35 heavy (non-hydrogen) atoms. The van der Waals surface area contributed by atoms with E-state index in [1.807, 2.05) is 30.3 Å². The fourth-order valence-electron chi connectivity index (χ4n) is 3.98. The summed E-state index contributed by atoms with van der Waals surface area (Å²) in [6.45, 7) is 0.553. The second-order valence-electron chi connectivity index (χ2n) is 7.89. The van der Waals surface area contributed by atoms with Gasteiger partial charge in [0, 0.05) is 28.7 Å². The Morgan fingerprint density at radius 1 is 1.03 bits per heavy atom. The summed E-state index contributed by atoms with van der Waals surface area (Å²) in [7, 11) is 0. The van der Waals surface area contributed by atoms with Crippen LogP contribution in [-0.4, -0.2) is 26.0 Å². The maximum Gasteiger partial charge on any atom is 0.258 e. The van der Waals surface area contributed by atoms with Gasteiger partial charge in [0.25, 0.3) is 5.91 Å². The Morgan fingerprint density at radius 3 is 2.86 bits per heavy atom. The summed E-state index contributed by atoms with van der Waals surface area (Å²) >= 11 is 1.29. The number of pyridine rings is 2. The van der Waals surface area contributed by atoms with Crippen LogP contribution in [0.1, 0.15) is 15.9 Å². The van der Waals surface area contributed by atoms with Crippen molar-refractivity contribution in [1.29, 1.82) is 0 Å². The van der Waals surface area contributed by atoms with Gasteiger partial charge in [-0.2, -0.15) is 0 Å². The predicted octanol–water partition coefficient (Wildman–Crippen LogP) is 5.31. The van der Waals surface area contributed by atoms with E-state index >= 15 is 0 Å². The van der Waals surface area contributed by atoms with Crippen LogP contribution in [0.2, 0.25) is 0 Å². The molecule has 0 saturated heterocycles. The van der Waals surface area contributed by atoms with Gasteiger partial charge in [-0.05, 0) is 48.0 Å². The zero-order valence-electron chi connectivity index (χ0n) is 18.2. The number of anilines is 3. The van der Waals surface area contributed by atoms with Crippen molar-refractivity contribution >= 4 is 44.8 Å². The number of benzene rings is 2.